The Bertz CT molecular complexity index is 448. The van der Waals surface area contributed by atoms with Gasteiger partial charge in [-0.15, -0.1) is 5.16 Å². The van der Waals surface area contributed by atoms with E-state index >= 15 is 0 Å². The summed E-state index contributed by atoms with van der Waals surface area (Å²) in [5, 5.41) is 30.7. The average molecular weight is 324 g/mol. The molecule has 0 aromatic carbocycles. The number of nitrogens with two attached hydrogens (primary N) is 1. The first kappa shape index (κ1) is 19.6. The second kappa shape index (κ2) is 8.43. The van der Waals surface area contributed by atoms with Gasteiger partial charge in [0.25, 0.3) is 0 Å². The quantitative estimate of drug-likeness (QED) is 0.238. The summed E-state index contributed by atoms with van der Waals surface area (Å²) < 4.78 is 0. The lowest BCUT2D eigenvalue weighted by atomic mass is 9.66. The molecule has 0 spiro atoms. The molecule has 1 fully saturated rings. The standard InChI is InChI=1S/C17H32N4O2/c1-5-11(6-2)15(20-7-3)17(4)13(9-14(18)19)8-12(10-21-23)16(17)22/h7,10-13,15-16,22-23H,5-6,8-9H2,1-4H3,(H3,18,19)/b20-7?,21-10+/t12-,13+,15?,16-,17-/m1/s1. The number of aliphatic imine (C=N–C) groups is 1. The third-order valence-electron chi connectivity index (χ3n) is 5.65. The first-order valence-electron chi connectivity index (χ1n) is 8.52. The molecule has 0 heterocycles. The van der Waals surface area contributed by atoms with Crippen LogP contribution in [-0.2, 0) is 0 Å². The highest BCUT2D eigenvalue weighted by Crippen LogP contribution is 2.53. The van der Waals surface area contributed by atoms with Gasteiger partial charge in [-0.05, 0) is 31.4 Å². The molecule has 1 unspecified atom stereocenters. The minimum Gasteiger partial charge on any atom is -0.411 e. The van der Waals surface area contributed by atoms with Crippen molar-refractivity contribution in [3.8, 4) is 0 Å². The van der Waals surface area contributed by atoms with Gasteiger partial charge in [0.1, 0.15) is 0 Å². The van der Waals surface area contributed by atoms with Crippen molar-refractivity contribution >= 4 is 18.3 Å². The fourth-order valence-corrected chi connectivity index (χ4v) is 4.31. The molecular weight excluding hydrogens is 292 g/mol. The lowest BCUT2D eigenvalue weighted by molar-refractivity contribution is -0.00487. The van der Waals surface area contributed by atoms with E-state index in [0.717, 1.165) is 12.8 Å². The van der Waals surface area contributed by atoms with E-state index in [1.165, 1.54) is 6.21 Å². The van der Waals surface area contributed by atoms with Crippen molar-refractivity contribution in [2.24, 2.45) is 39.1 Å². The zero-order valence-electron chi connectivity index (χ0n) is 14.7. The highest BCUT2D eigenvalue weighted by molar-refractivity contribution is 5.77. The van der Waals surface area contributed by atoms with Crippen molar-refractivity contribution in [3.63, 3.8) is 0 Å². The van der Waals surface area contributed by atoms with Crippen molar-refractivity contribution in [3.05, 3.63) is 0 Å². The van der Waals surface area contributed by atoms with Crippen LogP contribution < -0.4 is 5.73 Å². The van der Waals surface area contributed by atoms with Gasteiger partial charge in [0.05, 0.1) is 18.0 Å². The largest absolute Gasteiger partial charge is 0.411 e. The van der Waals surface area contributed by atoms with E-state index in [9.17, 15) is 5.11 Å². The average Bonchev–Trinajstić information content (AvgIpc) is 2.73. The molecule has 0 aromatic heterocycles. The van der Waals surface area contributed by atoms with E-state index in [1.807, 2.05) is 13.8 Å². The summed E-state index contributed by atoms with van der Waals surface area (Å²) in [5.41, 5.74) is 5.15. The molecule has 0 aromatic rings. The number of nitrogens with one attached hydrogen (secondary N) is 1. The predicted octanol–water partition coefficient (Wildman–Crippen LogP) is 2.67. The molecule has 1 aliphatic carbocycles. The minimum atomic E-state index is -0.669. The number of nitrogens with zero attached hydrogens (tertiary/aromatic N) is 2. The molecule has 0 aliphatic heterocycles. The third kappa shape index (κ3) is 3.91. The fraction of sp³-hybridized carbons (Fsp3) is 0.824. The number of aliphatic hydroxyl groups excluding tert-OH is 1. The summed E-state index contributed by atoms with van der Waals surface area (Å²) in [7, 11) is 0. The Balaban J connectivity index is 3.31. The van der Waals surface area contributed by atoms with Crippen LogP contribution >= 0.6 is 0 Å². The molecule has 0 radical (unpaired) electrons. The van der Waals surface area contributed by atoms with E-state index in [2.05, 4.69) is 19.0 Å². The zero-order valence-corrected chi connectivity index (χ0v) is 14.7. The molecule has 0 bridgehead atoms. The number of amidine groups is 1. The van der Waals surface area contributed by atoms with Crippen LogP contribution in [0, 0.1) is 28.6 Å². The normalized spacial score (nSPS) is 33.0. The van der Waals surface area contributed by atoms with Crippen molar-refractivity contribution < 1.29 is 10.3 Å². The summed E-state index contributed by atoms with van der Waals surface area (Å²) >= 11 is 0. The summed E-state index contributed by atoms with van der Waals surface area (Å²) in [4.78, 5) is 4.72. The second-order valence-corrected chi connectivity index (χ2v) is 6.83. The molecular formula is C17H32N4O2. The van der Waals surface area contributed by atoms with Gasteiger partial charge in [-0.3, -0.25) is 10.4 Å². The van der Waals surface area contributed by atoms with Gasteiger partial charge in [0.15, 0.2) is 0 Å². The first-order valence-corrected chi connectivity index (χ1v) is 8.52. The Morgan fingerprint density at radius 1 is 1.43 bits per heavy atom. The maximum atomic E-state index is 11.0. The Labute approximate surface area is 139 Å². The van der Waals surface area contributed by atoms with Crippen LogP contribution in [0.2, 0.25) is 0 Å². The topological polar surface area (TPSA) is 115 Å². The smallest absolute Gasteiger partial charge is 0.0908 e. The SMILES string of the molecule is CC=NC(C(CC)CC)[C@@]1(C)[C@H](CC(=N)N)C[C@H](/C=N/O)[C@H]1O. The van der Waals surface area contributed by atoms with E-state index in [0.29, 0.717) is 18.8 Å². The predicted molar refractivity (Wildman–Crippen MR) is 94.5 cm³/mol. The van der Waals surface area contributed by atoms with Crippen LogP contribution in [0.25, 0.3) is 0 Å². The maximum Gasteiger partial charge on any atom is 0.0908 e. The zero-order chi connectivity index (χ0) is 17.6. The van der Waals surface area contributed by atoms with Crippen molar-refractivity contribution in [2.45, 2.75) is 65.5 Å². The van der Waals surface area contributed by atoms with Crippen LogP contribution in [0.1, 0.15) is 53.4 Å². The van der Waals surface area contributed by atoms with Crippen molar-refractivity contribution in [2.75, 3.05) is 0 Å². The Morgan fingerprint density at radius 2 is 2.04 bits per heavy atom. The minimum absolute atomic E-state index is 0.0345. The van der Waals surface area contributed by atoms with Gasteiger partial charge < -0.3 is 16.0 Å². The van der Waals surface area contributed by atoms with E-state index < -0.39 is 11.5 Å². The van der Waals surface area contributed by atoms with E-state index in [4.69, 9.17) is 21.3 Å². The maximum absolute atomic E-state index is 11.0. The van der Waals surface area contributed by atoms with Gasteiger partial charge in [-0.1, -0.05) is 33.6 Å². The van der Waals surface area contributed by atoms with Gasteiger partial charge >= 0.3 is 0 Å². The number of hydrogen-bond donors (Lipinski definition) is 4. The lowest BCUT2D eigenvalue weighted by Gasteiger charge is -2.43. The summed E-state index contributed by atoms with van der Waals surface area (Å²) in [6, 6.07) is -0.0426. The van der Waals surface area contributed by atoms with Gasteiger partial charge in [-0.2, -0.15) is 0 Å². The van der Waals surface area contributed by atoms with Crippen LogP contribution in [0.15, 0.2) is 10.1 Å². The Hall–Kier alpha value is -1.43. The van der Waals surface area contributed by atoms with Gasteiger partial charge in [-0.25, -0.2) is 0 Å². The number of rotatable bonds is 8. The van der Waals surface area contributed by atoms with E-state index in [-0.39, 0.29) is 23.7 Å². The summed E-state index contributed by atoms with van der Waals surface area (Å²) in [5.74, 6) is 0.273. The van der Waals surface area contributed by atoms with Crippen LogP contribution in [0.4, 0.5) is 0 Å². The molecule has 6 heteroatoms. The molecule has 5 N–H and O–H groups in total. The molecule has 1 aliphatic rings. The molecule has 5 atom stereocenters. The molecule has 0 saturated heterocycles. The Morgan fingerprint density at radius 3 is 2.48 bits per heavy atom. The van der Waals surface area contributed by atoms with Crippen molar-refractivity contribution in [1.29, 1.82) is 5.41 Å². The summed E-state index contributed by atoms with van der Waals surface area (Å²) in [6.45, 7) is 8.23. The molecule has 1 saturated carbocycles. The molecule has 6 nitrogen and oxygen atoms in total. The monoisotopic (exact) mass is 324 g/mol. The van der Waals surface area contributed by atoms with Gasteiger partial charge in [0, 0.05) is 24.0 Å². The highest BCUT2D eigenvalue weighted by Gasteiger charge is 2.56. The molecule has 23 heavy (non-hydrogen) atoms. The van der Waals surface area contributed by atoms with Crippen LogP contribution in [0.3, 0.4) is 0 Å². The number of hydrogen-bond acceptors (Lipinski definition) is 5. The fourth-order valence-electron chi connectivity index (χ4n) is 4.31. The number of oxime groups is 1. The first-order chi connectivity index (χ1) is 10.9. The number of aliphatic hydroxyl groups is 1. The highest BCUT2D eigenvalue weighted by atomic mass is 16.4. The van der Waals surface area contributed by atoms with Crippen molar-refractivity contribution in [1.82, 2.24) is 0 Å². The lowest BCUT2D eigenvalue weighted by Crippen LogP contribution is -2.48. The van der Waals surface area contributed by atoms with Crippen LogP contribution in [-0.4, -0.2) is 40.7 Å². The third-order valence-corrected chi connectivity index (χ3v) is 5.65. The Kier molecular flexibility index (Phi) is 7.19. The summed E-state index contributed by atoms with van der Waals surface area (Å²) in [6.07, 6.45) is 5.58. The van der Waals surface area contributed by atoms with Gasteiger partial charge in [0.2, 0.25) is 0 Å². The van der Waals surface area contributed by atoms with Crippen LogP contribution in [0.5, 0.6) is 0 Å². The molecule has 0 amide bonds. The molecule has 132 valence electrons. The second-order valence-electron chi connectivity index (χ2n) is 6.83. The molecule has 1 rings (SSSR count). The van der Waals surface area contributed by atoms with E-state index in [1.54, 1.807) is 6.21 Å².